The lowest BCUT2D eigenvalue weighted by Crippen LogP contribution is -2.46. The Hall–Kier alpha value is -3.54. The molecule has 0 saturated carbocycles. The molecule has 5 rings (SSSR count). The van der Waals surface area contributed by atoms with Crippen molar-refractivity contribution in [2.75, 3.05) is 32.8 Å². The number of rotatable bonds is 5. The quantitative estimate of drug-likeness (QED) is 0.552. The van der Waals surface area contributed by atoms with Gasteiger partial charge in [0.1, 0.15) is 16.7 Å². The number of nitrogens with zero attached hydrogens (tertiary/aromatic N) is 5. The molecule has 0 aliphatic carbocycles. The number of hydrogen-bond acceptors (Lipinski definition) is 9. The Kier molecular flexibility index (Phi) is 7.12. The van der Waals surface area contributed by atoms with E-state index < -0.39 is 0 Å². The molecule has 0 radical (unpaired) electrons. The van der Waals surface area contributed by atoms with Crippen LogP contribution in [0, 0.1) is 0 Å². The van der Waals surface area contributed by atoms with Gasteiger partial charge in [-0.25, -0.2) is 14.4 Å². The second-order valence-corrected chi connectivity index (χ2v) is 9.93. The first kappa shape index (κ1) is 24.2. The number of aromatic nitrogens is 3. The van der Waals surface area contributed by atoms with Crippen LogP contribution in [0.15, 0.2) is 28.2 Å². The maximum Gasteiger partial charge on any atom is 0.409 e. The zero-order valence-corrected chi connectivity index (χ0v) is 20.8. The molecule has 4 heterocycles. The molecule has 11 nitrogen and oxygen atoms in total. The average molecular weight is 513 g/mol. The lowest BCUT2D eigenvalue weighted by molar-refractivity contribution is 0.0712. The number of thiazole rings is 1. The fourth-order valence-electron chi connectivity index (χ4n) is 4.69. The second-order valence-electron chi connectivity index (χ2n) is 9.04. The van der Waals surface area contributed by atoms with Crippen LogP contribution in [-0.2, 0) is 4.74 Å². The molecule has 0 bridgehead atoms. The summed E-state index contributed by atoms with van der Waals surface area (Å²) < 4.78 is 9.76. The van der Waals surface area contributed by atoms with Crippen molar-refractivity contribution in [2.45, 2.75) is 44.6 Å². The summed E-state index contributed by atoms with van der Waals surface area (Å²) in [6, 6.07) is 5.19. The first-order valence-corrected chi connectivity index (χ1v) is 13.1. The molecule has 0 unspecified atom stereocenters. The molecule has 190 valence electrons. The van der Waals surface area contributed by atoms with Crippen molar-refractivity contribution < 1.29 is 23.7 Å². The normalized spacial score (nSPS) is 17.4. The van der Waals surface area contributed by atoms with Crippen LogP contribution in [0.1, 0.15) is 64.4 Å². The van der Waals surface area contributed by atoms with Gasteiger partial charge in [-0.05, 0) is 61.1 Å². The van der Waals surface area contributed by atoms with E-state index in [9.17, 15) is 14.4 Å². The molecule has 3 aromatic rings. The third kappa shape index (κ3) is 5.18. The summed E-state index contributed by atoms with van der Waals surface area (Å²) in [6.45, 7) is 4.51. The van der Waals surface area contributed by atoms with E-state index in [-0.39, 0.29) is 29.9 Å². The minimum absolute atomic E-state index is 0.00910. The minimum atomic E-state index is -0.299. The Morgan fingerprint density at radius 2 is 1.78 bits per heavy atom. The topological polar surface area (TPSA) is 131 Å². The third-order valence-electron chi connectivity index (χ3n) is 6.74. The van der Waals surface area contributed by atoms with E-state index >= 15 is 0 Å². The van der Waals surface area contributed by atoms with E-state index in [0.29, 0.717) is 67.9 Å². The van der Waals surface area contributed by atoms with Crippen molar-refractivity contribution in [2.24, 2.45) is 0 Å². The molecule has 0 spiro atoms. The van der Waals surface area contributed by atoms with Crippen molar-refractivity contribution >= 4 is 40.3 Å². The number of piperidine rings is 2. The van der Waals surface area contributed by atoms with Gasteiger partial charge < -0.3 is 19.9 Å². The zero-order chi connectivity index (χ0) is 25.1. The van der Waals surface area contributed by atoms with Gasteiger partial charge in [-0.3, -0.25) is 9.59 Å². The number of ether oxygens (including phenoxy) is 1. The monoisotopic (exact) mass is 512 g/mol. The highest BCUT2D eigenvalue weighted by atomic mass is 32.1. The molecule has 2 fully saturated rings. The highest BCUT2D eigenvalue weighted by Gasteiger charge is 2.29. The molecule has 2 aliphatic heterocycles. The van der Waals surface area contributed by atoms with E-state index in [1.807, 2.05) is 4.90 Å². The van der Waals surface area contributed by atoms with Gasteiger partial charge in [0.2, 0.25) is 0 Å². The smallest absolute Gasteiger partial charge is 0.409 e. The SMILES string of the molecule is CCOC(=O)N1CCC(NC(=O)c2csc(C3CCN(C(=O)c4ccc5nonc5c4)CC3)n2)CC1. The van der Waals surface area contributed by atoms with Gasteiger partial charge in [-0.2, -0.15) is 0 Å². The first-order chi connectivity index (χ1) is 17.5. The zero-order valence-electron chi connectivity index (χ0n) is 20.0. The predicted octanol–water partition coefficient (Wildman–Crippen LogP) is 3.05. The van der Waals surface area contributed by atoms with Crippen molar-refractivity contribution in [3.8, 4) is 0 Å². The maximum atomic E-state index is 12.9. The number of likely N-dealkylation sites (tertiary alicyclic amines) is 2. The Morgan fingerprint density at radius 3 is 2.53 bits per heavy atom. The molecule has 1 N–H and O–H groups in total. The predicted molar refractivity (Wildman–Crippen MR) is 131 cm³/mol. The molecule has 2 saturated heterocycles. The standard InChI is InChI=1S/C24H28N6O5S/c1-2-34-24(33)30-11-7-17(8-12-30)25-21(31)20-14-36-22(26-20)15-5-9-29(10-6-15)23(32)16-3-4-18-19(13-16)28-35-27-18/h3-4,13-15,17H,2,5-12H2,1H3,(H,25,31). The van der Waals surface area contributed by atoms with Crippen molar-refractivity contribution in [1.82, 2.24) is 30.4 Å². The Morgan fingerprint density at radius 1 is 1.06 bits per heavy atom. The van der Waals surface area contributed by atoms with Crippen molar-refractivity contribution in [3.05, 3.63) is 39.8 Å². The van der Waals surface area contributed by atoms with Gasteiger partial charge in [0, 0.05) is 49.1 Å². The van der Waals surface area contributed by atoms with Gasteiger partial charge in [0.15, 0.2) is 0 Å². The number of amides is 3. The second kappa shape index (κ2) is 10.6. The van der Waals surface area contributed by atoms with E-state index in [1.165, 1.54) is 11.3 Å². The van der Waals surface area contributed by atoms with E-state index in [4.69, 9.17) is 9.37 Å². The highest BCUT2D eigenvalue weighted by Crippen LogP contribution is 2.31. The summed E-state index contributed by atoms with van der Waals surface area (Å²) in [4.78, 5) is 45.7. The number of carbonyl (C=O) groups excluding carboxylic acids is 3. The summed E-state index contributed by atoms with van der Waals surface area (Å²) in [5.41, 5.74) is 2.18. The lowest BCUT2D eigenvalue weighted by atomic mass is 9.97. The maximum absolute atomic E-state index is 12.9. The Bertz CT molecular complexity index is 1240. The number of nitrogens with one attached hydrogen (secondary N) is 1. The van der Waals surface area contributed by atoms with E-state index in [2.05, 4.69) is 20.6 Å². The summed E-state index contributed by atoms with van der Waals surface area (Å²) in [7, 11) is 0. The molecule has 2 aromatic heterocycles. The van der Waals surface area contributed by atoms with Crippen molar-refractivity contribution in [1.29, 1.82) is 0 Å². The fraction of sp³-hybridized carbons (Fsp3) is 0.500. The summed E-state index contributed by atoms with van der Waals surface area (Å²) in [6.07, 6.45) is 2.66. The Balaban J connectivity index is 1.11. The molecule has 1 aromatic carbocycles. The van der Waals surface area contributed by atoms with Crippen LogP contribution in [0.25, 0.3) is 11.0 Å². The molecular formula is C24H28N6O5S. The Labute approximate surface area is 211 Å². The average Bonchev–Trinajstić information content (AvgIpc) is 3.59. The third-order valence-corrected chi connectivity index (χ3v) is 7.75. The molecule has 2 aliphatic rings. The molecule has 0 atom stereocenters. The highest BCUT2D eigenvalue weighted by molar-refractivity contribution is 7.09. The number of fused-ring (bicyclic) bond motifs is 1. The summed E-state index contributed by atoms with van der Waals surface area (Å²) in [5.74, 6) is -0.000339. The largest absolute Gasteiger partial charge is 0.450 e. The van der Waals surface area contributed by atoms with Crippen LogP contribution < -0.4 is 5.32 Å². The van der Waals surface area contributed by atoms with Crippen LogP contribution in [0.4, 0.5) is 4.79 Å². The molecular weight excluding hydrogens is 484 g/mol. The minimum Gasteiger partial charge on any atom is -0.450 e. The van der Waals surface area contributed by atoms with Crippen LogP contribution in [0.5, 0.6) is 0 Å². The van der Waals surface area contributed by atoms with E-state index in [1.54, 1.807) is 35.4 Å². The summed E-state index contributed by atoms with van der Waals surface area (Å²) in [5, 5.41) is 13.4. The molecule has 12 heteroatoms. The van der Waals surface area contributed by atoms with Gasteiger partial charge in [-0.1, -0.05) is 0 Å². The first-order valence-electron chi connectivity index (χ1n) is 12.2. The number of carbonyl (C=O) groups is 3. The molecule has 36 heavy (non-hydrogen) atoms. The van der Waals surface area contributed by atoms with Gasteiger partial charge in [0.05, 0.1) is 11.6 Å². The van der Waals surface area contributed by atoms with Gasteiger partial charge >= 0.3 is 6.09 Å². The number of hydrogen-bond donors (Lipinski definition) is 1. The van der Waals surface area contributed by atoms with Crippen LogP contribution >= 0.6 is 11.3 Å². The fourth-order valence-corrected chi connectivity index (χ4v) is 5.66. The van der Waals surface area contributed by atoms with Gasteiger partial charge in [0.25, 0.3) is 11.8 Å². The van der Waals surface area contributed by atoms with Gasteiger partial charge in [-0.15, -0.1) is 11.3 Å². The van der Waals surface area contributed by atoms with Crippen molar-refractivity contribution in [3.63, 3.8) is 0 Å². The summed E-state index contributed by atoms with van der Waals surface area (Å²) >= 11 is 1.49. The van der Waals surface area contributed by atoms with Crippen LogP contribution in [0.3, 0.4) is 0 Å². The molecule has 3 amide bonds. The number of benzene rings is 1. The van der Waals surface area contributed by atoms with Crippen LogP contribution in [0.2, 0.25) is 0 Å². The lowest BCUT2D eigenvalue weighted by Gasteiger charge is -2.31. The van der Waals surface area contributed by atoms with Crippen LogP contribution in [-0.4, -0.2) is 81.8 Å². The van der Waals surface area contributed by atoms with E-state index in [0.717, 1.165) is 17.8 Å².